The Bertz CT molecular complexity index is 827. The lowest BCUT2D eigenvalue weighted by molar-refractivity contribution is 0.383. The zero-order valence-electron chi connectivity index (χ0n) is 11.2. The number of anilines is 1. The molecule has 0 saturated heterocycles. The van der Waals surface area contributed by atoms with Crippen molar-refractivity contribution in [2.45, 2.75) is 0 Å². The molecule has 1 aliphatic heterocycles. The molecule has 0 fully saturated rings. The van der Waals surface area contributed by atoms with Crippen LogP contribution in [0.25, 0.3) is 22.3 Å². The topological polar surface area (TPSA) is 41.5 Å². The van der Waals surface area contributed by atoms with Gasteiger partial charge in [-0.05, 0) is 23.3 Å². The highest BCUT2D eigenvalue weighted by atomic mass is 16.5. The lowest BCUT2D eigenvalue weighted by Crippen LogP contribution is -1.95. The molecule has 0 atom stereocenters. The maximum Gasteiger partial charge on any atom is 0.160 e. The Morgan fingerprint density at radius 3 is 2.05 bits per heavy atom. The fourth-order valence-corrected chi connectivity index (χ4v) is 2.79. The fraction of sp³-hybridized carbons (Fsp3) is 0. The smallest absolute Gasteiger partial charge is 0.160 e. The van der Waals surface area contributed by atoms with Crippen LogP contribution >= 0.6 is 0 Å². The molecule has 1 aliphatic rings. The van der Waals surface area contributed by atoms with E-state index in [9.17, 15) is 5.21 Å². The van der Waals surface area contributed by atoms with Crippen molar-refractivity contribution in [3.05, 3.63) is 66.7 Å². The van der Waals surface area contributed by atoms with Crippen LogP contribution in [0.1, 0.15) is 0 Å². The number of fused-ring (bicyclic) bond motifs is 5. The summed E-state index contributed by atoms with van der Waals surface area (Å²) in [7, 11) is 0. The Morgan fingerprint density at radius 1 is 0.667 bits per heavy atom. The van der Waals surface area contributed by atoms with Gasteiger partial charge in [-0.2, -0.15) is 0 Å². The third kappa shape index (κ3) is 1.79. The van der Waals surface area contributed by atoms with Gasteiger partial charge in [-0.1, -0.05) is 54.6 Å². The Hall–Kier alpha value is -2.78. The van der Waals surface area contributed by atoms with E-state index in [0.29, 0.717) is 11.4 Å². The molecule has 0 saturated carbocycles. The van der Waals surface area contributed by atoms with E-state index >= 15 is 0 Å². The number of para-hydroxylation sites is 2. The Morgan fingerprint density at radius 2 is 1.29 bits per heavy atom. The molecule has 0 aliphatic carbocycles. The average molecular weight is 275 g/mol. The number of hydrogen-bond donors (Lipinski definition) is 2. The van der Waals surface area contributed by atoms with Crippen molar-refractivity contribution in [1.29, 1.82) is 0 Å². The van der Waals surface area contributed by atoms with Crippen LogP contribution in [0.5, 0.6) is 11.5 Å². The number of nitrogens with one attached hydrogen (secondary N) is 1. The molecule has 4 rings (SSSR count). The summed E-state index contributed by atoms with van der Waals surface area (Å²) < 4.78 is 6.08. The summed E-state index contributed by atoms with van der Waals surface area (Å²) in [6.45, 7) is 0. The highest BCUT2D eigenvalue weighted by Crippen LogP contribution is 2.48. The SMILES string of the molecule is ONc1cccc2c1Oc1ccccc1-c1ccccc1-2. The second-order valence-electron chi connectivity index (χ2n) is 4.94. The normalized spacial score (nSPS) is 11.5. The van der Waals surface area contributed by atoms with E-state index in [1.165, 1.54) is 0 Å². The van der Waals surface area contributed by atoms with Gasteiger partial charge >= 0.3 is 0 Å². The Labute approximate surface area is 122 Å². The second kappa shape index (κ2) is 4.65. The van der Waals surface area contributed by atoms with Crippen LogP contribution in [-0.2, 0) is 0 Å². The van der Waals surface area contributed by atoms with Gasteiger partial charge in [0.2, 0.25) is 0 Å². The summed E-state index contributed by atoms with van der Waals surface area (Å²) in [5.74, 6) is 1.42. The first-order chi connectivity index (χ1) is 10.4. The molecular formula is C18H13NO2. The van der Waals surface area contributed by atoms with Crippen LogP contribution in [0.3, 0.4) is 0 Å². The highest BCUT2D eigenvalue weighted by Gasteiger charge is 2.21. The number of benzene rings is 3. The van der Waals surface area contributed by atoms with E-state index in [0.717, 1.165) is 28.0 Å². The number of ether oxygens (including phenoxy) is 1. The maximum absolute atomic E-state index is 9.35. The van der Waals surface area contributed by atoms with Gasteiger partial charge in [0, 0.05) is 11.1 Å². The van der Waals surface area contributed by atoms with E-state index in [2.05, 4.69) is 17.6 Å². The van der Waals surface area contributed by atoms with Crippen LogP contribution in [-0.4, -0.2) is 5.21 Å². The molecule has 0 bridgehead atoms. The third-order valence-electron chi connectivity index (χ3n) is 3.74. The van der Waals surface area contributed by atoms with Crippen molar-refractivity contribution in [3.8, 4) is 33.8 Å². The lowest BCUT2D eigenvalue weighted by atomic mass is 9.94. The van der Waals surface area contributed by atoms with Crippen molar-refractivity contribution in [2.75, 3.05) is 5.48 Å². The van der Waals surface area contributed by atoms with Crippen molar-refractivity contribution < 1.29 is 9.94 Å². The van der Waals surface area contributed by atoms with Gasteiger partial charge in [0.05, 0.1) is 0 Å². The van der Waals surface area contributed by atoms with Gasteiger partial charge in [0.15, 0.2) is 5.75 Å². The molecule has 21 heavy (non-hydrogen) atoms. The molecule has 1 heterocycles. The predicted molar refractivity (Wildman–Crippen MR) is 82.8 cm³/mol. The van der Waals surface area contributed by atoms with Crippen LogP contribution in [0.4, 0.5) is 5.69 Å². The van der Waals surface area contributed by atoms with Crippen LogP contribution in [0.15, 0.2) is 66.7 Å². The molecule has 3 heteroatoms. The minimum atomic E-state index is 0.555. The van der Waals surface area contributed by atoms with Gasteiger partial charge in [-0.25, -0.2) is 0 Å². The van der Waals surface area contributed by atoms with E-state index in [-0.39, 0.29) is 0 Å². The zero-order chi connectivity index (χ0) is 14.2. The molecule has 0 spiro atoms. The van der Waals surface area contributed by atoms with Gasteiger partial charge in [0.25, 0.3) is 0 Å². The standard InChI is InChI=1S/C18H13NO2/c20-19-16-10-5-9-15-13-7-2-1-6-12(13)14-8-3-4-11-17(14)21-18(15)16/h1-11,19-20H. The van der Waals surface area contributed by atoms with Gasteiger partial charge in [-0.3, -0.25) is 10.7 Å². The van der Waals surface area contributed by atoms with Crippen molar-refractivity contribution in [3.63, 3.8) is 0 Å². The summed E-state index contributed by atoms with van der Waals surface area (Å²) >= 11 is 0. The molecule has 3 aromatic rings. The van der Waals surface area contributed by atoms with Gasteiger partial charge in [-0.15, -0.1) is 0 Å². The Kier molecular flexibility index (Phi) is 2.66. The van der Waals surface area contributed by atoms with Crippen molar-refractivity contribution >= 4 is 5.69 Å². The maximum atomic E-state index is 9.35. The fourth-order valence-electron chi connectivity index (χ4n) is 2.79. The predicted octanol–water partition coefficient (Wildman–Crippen LogP) is 4.93. The molecule has 3 aromatic carbocycles. The first kappa shape index (κ1) is 12.0. The minimum absolute atomic E-state index is 0.555. The summed E-state index contributed by atoms with van der Waals surface area (Å²) in [5.41, 5.74) is 7.00. The quantitative estimate of drug-likeness (QED) is 0.484. The number of rotatable bonds is 1. The summed E-state index contributed by atoms with van der Waals surface area (Å²) in [5, 5.41) is 9.35. The third-order valence-corrected chi connectivity index (χ3v) is 3.74. The second-order valence-corrected chi connectivity index (χ2v) is 4.94. The first-order valence-corrected chi connectivity index (χ1v) is 6.78. The largest absolute Gasteiger partial charge is 0.454 e. The summed E-state index contributed by atoms with van der Waals surface area (Å²) in [4.78, 5) is 0. The molecule has 102 valence electrons. The molecule has 0 radical (unpaired) electrons. The van der Waals surface area contributed by atoms with E-state index in [4.69, 9.17) is 4.74 Å². The van der Waals surface area contributed by atoms with Crippen molar-refractivity contribution in [2.24, 2.45) is 0 Å². The summed E-state index contributed by atoms with van der Waals surface area (Å²) in [6, 6.07) is 21.8. The first-order valence-electron chi connectivity index (χ1n) is 6.78. The van der Waals surface area contributed by atoms with Crippen LogP contribution in [0.2, 0.25) is 0 Å². The zero-order valence-corrected chi connectivity index (χ0v) is 11.2. The number of hydrogen-bond acceptors (Lipinski definition) is 3. The van der Waals surface area contributed by atoms with Crippen molar-refractivity contribution in [1.82, 2.24) is 0 Å². The monoisotopic (exact) mass is 275 g/mol. The lowest BCUT2D eigenvalue weighted by Gasteiger charge is -2.12. The van der Waals surface area contributed by atoms with E-state index in [1.807, 2.05) is 48.5 Å². The molecule has 3 nitrogen and oxygen atoms in total. The van der Waals surface area contributed by atoms with Crippen LogP contribution in [0, 0.1) is 0 Å². The van der Waals surface area contributed by atoms with Gasteiger partial charge < -0.3 is 4.74 Å². The van der Waals surface area contributed by atoms with Gasteiger partial charge in [0.1, 0.15) is 11.4 Å². The van der Waals surface area contributed by atoms with E-state index < -0.39 is 0 Å². The minimum Gasteiger partial charge on any atom is -0.454 e. The highest BCUT2D eigenvalue weighted by molar-refractivity contribution is 5.92. The Balaban J connectivity index is 2.11. The molecule has 2 N–H and O–H groups in total. The molecule has 0 unspecified atom stereocenters. The van der Waals surface area contributed by atoms with Crippen LogP contribution < -0.4 is 10.2 Å². The average Bonchev–Trinajstić information content (AvgIpc) is 2.69. The van der Waals surface area contributed by atoms with E-state index in [1.54, 1.807) is 6.07 Å². The molecule has 0 amide bonds. The molecule has 0 aromatic heterocycles. The summed E-state index contributed by atoms with van der Waals surface area (Å²) in [6.07, 6.45) is 0. The molecular weight excluding hydrogens is 262 g/mol.